The number of fused-ring (bicyclic) bond motifs is 1. The normalized spacial score (nSPS) is 21.8. The van der Waals surface area contributed by atoms with Gasteiger partial charge in [-0.05, 0) is 0 Å². The minimum Gasteiger partial charge on any atom is -0.386 e. The van der Waals surface area contributed by atoms with Gasteiger partial charge in [-0.15, -0.1) is 0 Å². The Bertz CT molecular complexity index is 1850. The van der Waals surface area contributed by atoms with Gasteiger partial charge in [0.05, 0.1) is 26.0 Å². The van der Waals surface area contributed by atoms with E-state index >= 15 is 0 Å². The van der Waals surface area contributed by atoms with Gasteiger partial charge < -0.3 is 50.9 Å². The summed E-state index contributed by atoms with van der Waals surface area (Å²) in [6.07, 6.45) is -6.97. The largest absolute Gasteiger partial charge is 0.481 e. The van der Waals surface area contributed by atoms with Gasteiger partial charge in [0.1, 0.15) is 42.0 Å². The predicted molar refractivity (Wildman–Crippen MR) is 187 cm³/mol. The van der Waals surface area contributed by atoms with E-state index < -0.39 is 84.6 Å². The number of phosphoric acid groups is 3. The summed E-state index contributed by atoms with van der Waals surface area (Å²) < 4.78 is 61.9. The molecule has 1 aliphatic rings. The highest BCUT2D eigenvalue weighted by molar-refractivity contribution is 8.13. The summed E-state index contributed by atoms with van der Waals surface area (Å²) in [7, 11) is -16.4. The number of ketones is 1. The lowest BCUT2D eigenvalue weighted by molar-refractivity contribution is -0.137. The number of nitrogens with one attached hydrogen (secondary N) is 2. The maximum atomic E-state index is 12.7. The van der Waals surface area contributed by atoms with Gasteiger partial charge in [0.25, 0.3) is 0 Å². The van der Waals surface area contributed by atoms with Crippen LogP contribution >= 0.6 is 35.2 Å². The molecule has 0 spiro atoms. The number of hydrogen-bond donors (Lipinski definition) is 9. The highest BCUT2D eigenvalue weighted by atomic mass is 32.2. The fraction of sp³-hybridized carbons (Fsp3) is 0.654. The summed E-state index contributed by atoms with van der Waals surface area (Å²) in [5.41, 5.74) is 4.22. The molecule has 310 valence electrons. The zero-order valence-electron chi connectivity index (χ0n) is 29.4. The molecule has 55 heavy (non-hydrogen) atoms. The van der Waals surface area contributed by atoms with Gasteiger partial charge in [-0.3, -0.25) is 37.3 Å². The Labute approximate surface area is 316 Å². The van der Waals surface area contributed by atoms with E-state index in [1.807, 2.05) is 0 Å². The number of carbonyl (C=O) groups is 4. The number of Topliss-reactive ketones (excluding diaryl/α,β-unsaturated/α-hetero) is 1. The number of amides is 2. The zero-order valence-corrected chi connectivity index (χ0v) is 32.9. The molecule has 3 rings (SSSR count). The van der Waals surface area contributed by atoms with Crippen molar-refractivity contribution in [3.8, 4) is 0 Å². The average molecular weight is 866 g/mol. The van der Waals surface area contributed by atoms with Gasteiger partial charge in [0.2, 0.25) is 11.8 Å². The van der Waals surface area contributed by atoms with Crippen molar-refractivity contribution in [1.82, 2.24) is 30.2 Å². The molecule has 0 saturated carbocycles. The standard InChI is InChI=1S/C26H42N7O18P3S/c1-4-14(34)9-17(36)55-8-7-28-16(35)5-6-29-24(39)21(38)26(2,3)11-48-54(45,46)51-53(43,44)47-10-15-20(50-52(40,41)42)19(37)25(49-15)33-13-32-18-22(27)30-12-31-23(18)33/h12-13,15,19-21,25,37-38H,4-11H2,1-3H3,(H,28,35)(H,29,39)(H,43,44)(H,45,46)(H2,27,30,31)(H2,40,41,42). The van der Waals surface area contributed by atoms with Crippen molar-refractivity contribution in [3.05, 3.63) is 12.7 Å². The maximum Gasteiger partial charge on any atom is 0.481 e. The van der Waals surface area contributed by atoms with Crippen molar-refractivity contribution in [2.75, 3.05) is 37.8 Å². The van der Waals surface area contributed by atoms with E-state index in [9.17, 15) is 62.7 Å². The molecular formula is C26H42N7O18P3S. The van der Waals surface area contributed by atoms with E-state index in [0.717, 1.165) is 29.0 Å². The predicted octanol–water partition coefficient (Wildman–Crippen LogP) is -0.966. The second-order valence-electron chi connectivity index (χ2n) is 12.4. The Morgan fingerprint density at radius 1 is 1.05 bits per heavy atom. The number of thioether (sulfide) groups is 1. The molecule has 2 aromatic heterocycles. The summed E-state index contributed by atoms with van der Waals surface area (Å²) >= 11 is 0.893. The van der Waals surface area contributed by atoms with Gasteiger partial charge in [-0.25, -0.2) is 28.6 Å². The lowest BCUT2D eigenvalue weighted by Crippen LogP contribution is -2.46. The van der Waals surface area contributed by atoms with E-state index in [1.54, 1.807) is 6.92 Å². The van der Waals surface area contributed by atoms with Gasteiger partial charge in [0.15, 0.2) is 22.8 Å². The molecule has 0 aromatic carbocycles. The number of nitrogen functional groups attached to an aromatic ring is 1. The Morgan fingerprint density at radius 2 is 1.73 bits per heavy atom. The van der Waals surface area contributed by atoms with Gasteiger partial charge in [0, 0.05) is 37.1 Å². The molecule has 7 atom stereocenters. The summed E-state index contributed by atoms with van der Waals surface area (Å²) in [4.78, 5) is 98.3. The minimum absolute atomic E-state index is 0.0243. The highest BCUT2D eigenvalue weighted by Crippen LogP contribution is 2.61. The number of carbonyl (C=O) groups excluding carboxylic acids is 4. The first kappa shape index (κ1) is 46.6. The van der Waals surface area contributed by atoms with Crippen molar-refractivity contribution < 1.29 is 85.3 Å². The smallest absolute Gasteiger partial charge is 0.386 e. The fourth-order valence-electron chi connectivity index (χ4n) is 4.63. The van der Waals surface area contributed by atoms with E-state index in [1.165, 1.54) is 13.8 Å². The molecule has 1 saturated heterocycles. The van der Waals surface area contributed by atoms with Crippen LogP contribution in [0.2, 0.25) is 0 Å². The molecule has 7 unspecified atom stereocenters. The van der Waals surface area contributed by atoms with Crippen LogP contribution in [0.1, 0.15) is 46.3 Å². The van der Waals surface area contributed by atoms with Crippen LogP contribution in [0.5, 0.6) is 0 Å². The van der Waals surface area contributed by atoms with Gasteiger partial charge >= 0.3 is 23.5 Å². The third kappa shape index (κ3) is 14.3. The molecule has 25 nitrogen and oxygen atoms in total. The molecule has 3 heterocycles. The first-order valence-electron chi connectivity index (χ1n) is 16.0. The molecule has 0 bridgehead atoms. The number of ether oxygens (including phenoxy) is 1. The number of hydrogen-bond acceptors (Lipinski definition) is 19. The molecule has 0 aliphatic carbocycles. The lowest BCUT2D eigenvalue weighted by atomic mass is 9.87. The minimum atomic E-state index is -5.58. The van der Waals surface area contributed by atoms with Crippen molar-refractivity contribution in [2.45, 2.75) is 70.7 Å². The third-order valence-corrected chi connectivity index (χ3v) is 11.5. The van der Waals surface area contributed by atoms with Crippen LogP contribution in [0.15, 0.2) is 12.7 Å². The number of aromatic nitrogens is 4. The maximum absolute atomic E-state index is 12.7. The van der Waals surface area contributed by atoms with Crippen LogP contribution in [0.25, 0.3) is 11.2 Å². The summed E-state index contributed by atoms with van der Waals surface area (Å²) in [6.45, 7) is 1.95. The van der Waals surface area contributed by atoms with Crippen molar-refractivity contribution in [2.24, 2.45) is 5.41 Å². The number of rotatable bonds is 22. The number of nitrogens with two attached hydrogens (primary N) is 1. The second-order valence-corrected chi connectivity index (χ2v) is 17.7. The second kappa shape index (κ2) is 19.6. The van der Waals surface area contributed by atoms with Crippen LogP contribution < -0.4 is 16.4 Å². The van der Waals surface area contributed by atoms with Crippen LogP contribution in [-0.2, 0) is 55.5 Å². The summed E-state index contributed by atoms with van der Waals surface area (Å²) in [5, 5.41) is 25.9. The van der Waals surface area contributed by atoms with Crippen molar-refractivity contribution in [1.29, 1.82) is 0 Å². The van der Waals surface area contributed by atoms with Crippen LogP contribution in [0, 0.1) is 5.41 Å². The molecular weight excluding hydrogens is 823 g/mol. The number of nitrogens with zero attached hydrogens (tertiary/aromatic N) is 4. The summed E-state index contributed by atoms with van der Waals surface area (Å²) in [6, 6.07) is 0. The number of aliphatic hydroxyl groups excluding tert-OH is 2. The molecule has 29 heteroatoms. The number of phosphoric ester groups is 3. The first-order chi connectivity index (χ1) is 25.4. The highest BCUT2D eigenvalue weighted by Gasteiger charge is 2.50. The van der Waals surface area contributed by atoms with E-state index in [4.69, 9.17) is 19.5 Å². The van der Waals surface area contributed by atoms with Crippen molar-refractivity contribution >= 4 is 74.9 Å². The molecule has 1 fully saturated rings. The van der Waals surface area contributed by atoms with Crippen LogP contribution in [0.4, 0.5) is 5.82 Å². The SMILES string of the molecule is CCC(=O)CC(=O)SCCNC(=O)CCNC(=O)C(O)C(C)(C)COP(=O)(O)OP(=O)(O)OCC1OC(n2cnc3c(N)ncnc32)C(O)C1OP(=O)(O)O. The molecule has 2 aromatic rings. The Morgan fingerprint density at radius 3 is 2.38 bits per heavy atom. The van der Waals surface area contributed by atoms with Crippen LogP contribution in [0.3, 0.4) is 0 Å². The van der Waals surface area contributed by atoms with Crippen LogP contribution in [-0.4, -0.2) is 128 Å². The van der Waals surface area contributed by atoms with Gasteiger partial charge in [-0.1, -0.05) is 32.5 Å². The lowest BCUT2D eigenvalue weighted by Gasteiger charge is -2.30. The molecule has 1 aliphatic heterocycles. The summed E-state index contributed by atoms with van der Waals surface area (Å²) in [5.74, 6) is -1.51. The molecule has 10 N–H and O–H groups in total. The van der Waals surface area contributed by atoms with Crippen molar-refractivity contribution in [3.63, 3.8) is 0 Å². The monoisotopic (exact) mass is 865 g/mol. The number of anilines is 1. The quantitative estimate of drug-likeness (QED) is 0.0391. The molecule has 2 amide bonds. The third-order valence-electron chi connectivity index (χ3n) is 7.50. The Hall–Kier alpha value is -2.77. The van der Waals surface area contributed by atoms with E-state index in [-0.39, 0.29) is 66.0 Å². The Kier molecular flexibility index (Phi) is 16.6. The average Bonchev–Trinajstić information content (AvgIpc) is 3.64. The topological polar surface area (TPSA) is 381 Å². The van der Waals surface area contributed by atoms with E-state index in [2.05, 4.69) is 34.4 Å². The number of imidazole rings is 1. The van der Waals surface area contributed by atoms with E-state index in [0.29, 0.717) is 0 Å². The van der Waals surface area contributed by atoms with Gasteiger partial charge in [-0.2, -0.15) is 4.31 Å². The Balaban J connectivity index is 1.49. The fourth-order valence-corrected chi connectivity index (χ4v) is 8.16. The first-order valence-corrected chi connectivity index (χ1v) is 21.5. The number of aliphatic hydroxyl groups is 2. The zero-order chi connectivity index (χ0) is 41.4. The molecule has 0 radical (unpaired) electrons.